The maximum absolute atomic E-state index is 12.1. The van der Waals surface area contributed by atoms with Gasteiger partial charge in [0.15, 0.2) is 0 Å². The van der Waals surface area contributed by atoms with Gasteiger partial charge in [-0.3, -0.25) is 14.5 Å². The first kappa shape index (κ1) is 15.0. The normalized spacial score (nSPS) is 18.4. The minimum Gasteiger partial charge on any atom is -0.469 e. The highest BCUT2D eigenvalue weighted by Gasteiger charge is 2.33. The van der Waals surface area contributed by atoms with Crippen LogP contribution in [0.15, 0.2) is 0 Å². The number of carbonyl (C=O) groups is 2. The van der Waals surface area contributed by atoms with Crippen LogP contribution in [0, 0.1) is 0 Å². The van der Waals surface area contributed by atoms with E-state index in [-0.39, 0.29) is 18.4 Å². The Morgan fingerprint density at radius 1 is 1.22 bits per heavy atom. The van der Waals surface area contributed by atoms with Crippen molar-refractivity contribution in [1.82, 2.24) is 4.90 Å². The molecule has 0 bridgehead atoms. The minimum absolute atomic E-state index is 0.0609. The van der Waals surface area contributed by atoms with Crippen molar-refractivity contribution in [3.05, 3.63) is 0 Å². The molecule has 0 amide bonds. The van der Waals surface area contributed by atoms with Crippen molar-refractivity contribution in [2.75, 3.05) is 20.2 Å². The van der Waals surface area contributed by atoms with E-state index in [1.54, 1.807) is 0 Å². The van der Waals surface area contributed by atoms with Gasteiger partial charge in [-0.1, -0.05) is 0 Å². The van der Waals surface area contributed by atoms with Crippen LogP contribution in [0.1, 0.15) is 40.0 Å². The van der Waals surface area contributed by atoms with Gasteiger partial charge in [0.1, 0.15) is 11.6 Å². The van der Waals surface area contributed by atoms with Crippen molar-refractivity contribution < 1.29 is 19.1 Å². The third kappa shape index (κ3) is 4.64. The average Bonchev–Trinajstić information content (AvgIpc) is 2.75. The molecule has 1 aliphatic heterocycles. The van der Waals surface area contributed by atoms with Crippen LogP contribution >= 0.6 is 0 Å². The number of likely N-dealkylation sites (tertiary alicyclic amines) is 1. The van der Waals surface area contributed by atoms with Crippen LogP contribution in [0.3, 0.4) is 0 Å². The van der Waals surface area contributed by atoms with Crippen molar-refractivity contribution in [1.29, 1.82) is 0 Å². The molecule has 0 spiro atoms. The smallest absolute Gasteiger partial charge is 0.324 e. The van der Waals surface area contributed by atoms with Crippen LogP contribution < -0.4 is 0 Å². The molecule has 5 heteroatoms. The Kier molecular flexibility index (Phi) is 5.14. The Morgan fingerprint density at radius 2 is 1.78 bits per heavy atom. The molecule has 0 aromatic rings. The van der Waals surface area contributed by atoms with Gasteiger partial charge in [-0.05, 0) is 46.7 Å². The molecule has 1 aliphatic rings. The number of hydrogen-bond acceptors (Lipinski definition) is 5. The summed E-state index contributed by atoms with van der Waals surface area (Å²) >= 11 is 0. The van der Waals surface area contributed by atoms with Crippen molar-refractivity contribution in [2.45, 2.75) is 51.7 Å². The van der Waals surface area contributed by atoms with Gasteiger partial charge in [0, 0.05) is 0 Å². The maximum atomic E-state index is 12.1. The fourth-order valence-corrected chi connectivity index (χ4v) is 2.03. The van der Waals surface area contributed by atoms with E-state index in [1.807, 2.05) is 25.7 Å². The van der Waals surface area contributed by atoms with Crippen molar-refractivity contribution in [3.8, 4) is 0 Å². The maximum Gasteiger partial charge on any atom is 0.324 e. The van der Waals surface area contributed by atoms with E-state index in [1.165, 1.54) is 7.11 Å². The third-order valence-electron chi connectivity index (χ3n) is 2.85. The molecule has 5 nitrogen and oxygen atoms in total. The van der Waals surface area contributed by atoms with Crippen molar-refractivity contribution in [2.24, 2.45) is 0 Å². The lowest BCUT2D eigenvalue weighted by Gasteiger charge is -2.28. The number of ether oxygens (including phenoxy) is 2. The molecule has 18 heavy (non-hydrogen) atoms. The number of rotatable bonds is 4. The number of nitrogens with zero attached hydrogens (tertiary/aromatic N) is 1. The Bertz CT molecular complexity index is 303. The summed E-state index contributed by atoms with van der Waals surface area (Å²) in [5.74, 6) is -0.715. The highest BCUT2D eigenvalue weighted by Crippen LogP contribution is 2.18. The van der Waals surface area contributed by atoms with E-state index in [4.69, 9.17) is 4.74 Å². The highest BCUT2D eigenvalue weighted by molar-refractivity contribution is 5.83. The van der Waals surface area contributed by atoms with Crippen LogP contribution in [0.4, 0.5) is 0 Å². The summed E-state index contributed by atoms with van der Waals surface area (Å²) in [6.07, 6.45) is 2.17. The fraction of sp³-hybridized carbons (Fsp3) is 0.846. The molecule has 0 aromatic heterocycles. The minimum atomic E-state index is -0.537. The molecule has 0 aliphatic carbocycles. The zero-order valence-corrected chi connectivity index (χ0v) is 11.7. The molecule has 1 fully saturated rings. The summed E-state index contributed by atoms with van der Waals surface area (Å²) in [4.78, 5) is 25.5. The van der Waals surface area contributed by atoms with Gasteiger partial charge in [0.25, 0.3) is 0 Å². The Balaban J connectivity index is 2.69. The lowest BCUT2D eigenvalue weighted by Crippen LogP contribution is -2.44. The second-order valence-corrected chi connectivity index (χ2v) is 5.57. The van der Waals surface area contributed by atoms with Crippen LogP contribution in [0.5, 0.6) is 0 Å². The lowest BCUT2D eigenvalue weighted by molar-refractivity contribution is -0.164. The summed E-state index contributed by atoms with van der Waals surface area (Å²) in [5.41, 5.74) is -0.537. The van der Waals surface area contributed by atoms with Gasteiger partial charge in [-0.2, -0.15) is 0 Å². The predicted octanol–water partition coefficient (Wildman–Crippen LogP) is 1.36. The largest absolute Gasteiger partial charge is 0.469 e. The SMILES string of the molecule is COC(=O)CC(C(=O)OC(C)(C)C)N1CCCC1. The lowest BCUT2D eigenvalue weighted by atomic mass is 10.1. The summed E-state index contributed by atoms with van der Waals surface area (Å²) in [6.45, 7) is 7.14. The van der Waals surface area contributed by atoms with E-state index >= 15 is 0 Å². The van der Waals surface area contributed by atoms with Crippen LogP contribution in [-0.2, 0) is 19.1 Å². The molecular weight excluding hydrogens is 234 g/mol. The van der Waals surface area contributed by atoms with E-state index in [2.05, 4.69) is 4.74 Å². The molecule has 1 rings (SSSR count). The summed E-state index contributed by atoms with van der Waals surface area (Å²) in [6, 6.07) is -0.515. The first-order valence-electron chi connectivity index (χ1n) is 6.37. The Morgan fingerprint density at radius 3 is 2.22 bits per heavy atom. The zero-order valence-electron chi connectivity index (χ0n) is 11.7. The summed E-state index contributed by atoms with van der Waals surface area (Å²) in [5, 5.41) is 0. The molecule has 1 atom stereocenters. The molecular formula is C13H23NO4. The molecule has 1 unspecified atom stereocenters. The first-order valence-corrected chi connectivity index (χ1v) is 6.37. The van der Waals surface area contributed by atoms with Gasteiger partial charge in [0.2, 0.25) is 0 Å². The Labute approximate surface area is 108 Å². The molecule has 1 saturated heterocycles. The summed E-state index contributed by atoms with van der Waals surface area (Å²) in [7, 11) is 1.33. The second-order valence-electron chi connectivity index (χ2n) is 5.57. The molecule has 0 aromatic carbocycles. The number of methoxy groups -OCH3 is 1. The van der Waals surface area contributed by atoms with Gasteiger partial charge in [0.05, 0.1) is 13.5 Å². The standard InChI is InChI=1S/C13H23NO4/c1-13(2,3)18-12(16)10(9-11(15)17-4)14-7-5-6-8-14/h10H,5-9H2,1-4H3. The van der Waals surface area contributed by atoms with E-state index in [9.17, 15) is 9.59 Å². The van der Waals surface area contributed by atoms with Crippen LogP contribution in [0.25, 0.3) is 0 Å². The van der Waals surface area contributed by atoms with Crippen molar-refractivity contribution in [3.63, 3.8) is 0 Å². The molecule has 1 heterocycles. The zero-order chi connectivity index (χ0) is 13.8. The first-order chi connectivity index (χ1) is 8.33. The highest BCUT2D eigenvalue weighted by atomic mass is 16.6. The molecule has 104 valence electrons. The van der Waals surface area contributed by atoms with Crippen molar-refractivity contribution >= 4 is 11.9 Å². The monoisotopic (exact) mass is 257 g/mol. The number of carbonyl (C=O) groups excluding carboxylic acids is 2. The predicted molar refractivity (Wildman–Crippen MR) is 67.1 cm³/mol. The van der Waals surface area contributed by atoms with Gasteiger partial charge >= 0.3 is 11.9 Å². The van der Waals surface area contributed by atoms with Crippen LogP contribution in [-0.4, -0.2) is 48.7 Å². The van der Waals surface area contributed by atoms with Gasteiger partial charge < -0.3 is 9.47 Å². The molecule has 0 N–H and O–H groups in total. The third-order valence-corrected chi connectivity index (χ3v) is 2.85. The quantitative estimate of drug-likeness (QED) is 0.712. The average molecular weight is 257 g/mol. The topological polar surface area (TPSA) is 55.8 Å². The molecule has 0 radical (unpaired) electrons. The van der Waals surface area contributed by atoms with Gasteiger partial charge in [-0.25, -0.2) is 0 Å². The summed E-state index contributed by atoms with van der Waals surface area (Å²) < 4.78 is 10.0. The van der Waals surface area contributed by atoms with E-state index < -0.39 is 11.6 Å². The van der Waals surface area contributed by atoms with E-state index in [0.29, 0.717) is 0 Å². The van der Waals surface area contributed by atoms with Crippen LogP contribution in [0.2, 0.25) is 0 Å². The second kappa shape index (κ2) is 6.18. The number of hydrogen-bond donors (Lipinski definition) is 0. The Hall–Kier alpha value is -1.10. The fourth-order valence-electron chi connectivity index (χ4n) is 2.03. The van der Waals surface area contributed by atoms with Gasteiger partial charge in [-0.15, -0.1) is 0 Å². The van der Waals surface area contributed by atoms with E-state index in [0.717, 1.165) is 25.9 Å². The number of esters is 2. The molecule has 0 saturated carbocycles.